The molecule has 0 saturated carbocycles. The Bertz CT molecular complexity index is 1720. The highest BCUT2D eigenvalue weighted by Gasteiger charge is 2.21. The minimum absolute atomic E-state index is 0.169. The molecule has 0 aromatic heterocycles. The highest BCUT2D eigenvalue weighted by atomic mass is 32.3. The Labute approximate surface area is 203 Å². The van der Waals surface area contributed by atoms with Crippen molar-refractivity contribution in [1.29, 1.82) is 0 Å². The molecule has 3 aromatic carbocycles. The van der Waals surface area contributed by atoms with Crippen LogP contribution in [0, 0.1) is 10.1 Å². The number of phenols is 1. The van der Waals surface area contributed by atoms with Crippen molar-refractivity contribution in [2.24, 2.45) is 10.2 Å². The van der Waals surface area contributed by atoms with Crippen molar-refractivity contribution in [1.82, 2.24) is 0 Å². The summed E-state index contributed by atoms with van der Waals surface area (Å²) in [6.45, 7) is -0.834. The molecular weight excluding hydrogens is 546 g/mol. The van der Waals surface area contributed by atoms with Crippen LogP contribution in [0.3, 0.4) is 0 Å². The SMILES string of the molecule is O=[N+]([O-])c1ccc(/N=N/c2c(O)ccc3cc(S(=O)(=O)CCOS(=O)(=O)O)ccc23)c(S(=O)(=O)O)c1. The molecule has 3 rings (SSSR count). The Morgan fingerprint density at radius 2 is 1.61 bits per heavy atom. The summed E-state index contributed by atoms with van der Waals surface area (Å²) in [5.41, 5.74) is -1.33. The smallest absolute Gasteiger partial charge is 0.397 e. The van der Waals surface area contributed by atoms with E-state index in [2.05, 4.69) is 14.4 Å². The Kier molecular flexibility index (Phi) is 7.39. The number of nitrogens with zero attached hydrogens (tertiary/aromatic N) is 3. The number of nitro benzene ring substituents is 1. The van der Waals surface area contributed by atoms with Gasteiger partial charge in [0, 0.05) is 17.5 Å². The summed E-state index contributed by atoms with van der Waals surface area (Å²) in [6.07, 6.45) is 0. The van der Waals surface area contributed by atoms with E-state index in [0.717, 1.165) is 24.3 Å². The number of benzene rings is 3. The maximum absolute atomic E-state index is 12.5. The topological polar surface area (TPSA) is 240 Å². The van der Waals surface area contributed by atoms with E-state index in [-0.39, 0.29) is 21.4 Å². The number of phenolic OH excluding ortho intramolecular Hbond substituents is 1. The van der Waals surface area contributed by atoms with Gasteiger partial charge in [0.1, 0.15) is 22.0 Å². The second-order valence-electron chi connectivity index (χ2n) is 6.97. The first-order valence-electron chi connectivity index (χ1n) is 9.36. The number of azo groups is 1. The fraction of sp³-hybridized carbons (Fsp3) is 0.111. The second-order valence-corrected chi connectivity index (χ2v) is 11.6. The lowest BCUT2D eigenvalue weighted by Gasteiger charge is -2.08. The van der Waals surface area contributed by atoms with Gasteiger partial charge in [-0.25, -0.2) is 12.6 Å². The average molecular weight is 562 g/mol. The lowest BCUT2D eigenvalue weighted by Crippen LogP contribution is -2.15. The molecule has 0 aliphatic heterocycles. The van der Waals surface area contributed by atoms with Gasteiger partial charge in [-0.15, -0.1) is 10.2 Å². The predicted octanol–water partition coefficient (Wildman–Crippen LogP) is 2.71. The molecule has 36 heavy (non-hydrogen) atoms. The zero-order chi connectivity index (χ0) is 26.9. The number of hydrogen-bond acceptors (Lipinski definition) is 12. The van der Waals surface area contributed by atoms with Crippen molar-refractivity contribution in [2.75, 3.05) is 12.4 Å². The van der Waals surface area contributed by atoms with Crippen LogP contribution in [0.5, 0.6) is 5.75 Å². The summed E-state index contributed by atoms with van der Waals surface area (Å²) in [5, 5.41) is 29.0. The van der Waals surface area contributed by atoms with E-state index in [0.29, 0.717) is 6.07 Å². The predicted molar refractivity (Wildman–Crippen MR) is 122 cm³/mol. The Hall–Kier alpha value is -3.55. The lowest BCUT2D eigenvalue weighted by atomic mass is 10.1. The molecule has 3 aromatic rings. The minimum Gasteiger partial charge on any atom is -0.506 e. The van der Waals surface area contributed by atoms with Gasteiger partial charge in [-0.1, -0.05) is 12.1 Å². The van der Waals surface area contributed by atoms with Gasteiger partial charge in [0.05, 0.1) is 22.2 Å². The Balaban J connectivity index is 2.03. The van der Waals surface area contributed by atoms with Crippen LogP contribution < -0.4 is 0 Å². The molecule has 3 N–H and O–H groups in total. The minimum atomic E-state index is -4.94. The highest BCUT2D eigenvalue weighted by molar-refractivity contribution is 7.91. The van der Waals surface area contributed by atoms with E-state index >= 15 is 0 Å². The van der Waals surface area contributed by atoms with Crippen LogP contribution >= 0.6 is 0 Å². The van der Waals surface area contributed by atoms with Crippen LogP contribution in [0.2, 0.25) is 0 Å². The van der Waals surface area contributed by atoms with Crippen molar-refractivity contribution in [2.45, 2.75) is 9.79 Å². The van der Waals surface area contributed by atoms with Crippen LogP contribution in [0.15, 0.2) is 68.6 Å². The maximum atomic E-state index is 12.5. The maximum Gasteiger partial charge on any atom is 0.397 e. The third kappa shape index (κ3) is 6.36. The fourth-order valence-electron chi connectivity index (χ4n) is 2.95. The molecule has 0 fully saturated rings. The van der Waals surface area contributed by atoms with Crippen LogP contribution in [0.25, 0.3) is 10.8 Å². The van der Waals surface area contributed by atoms with Gasteiger partial charge in [0.15, 0.2) is 9.84 Å². The molecule has 18 heteroatoms. The molecule has 15 nitrogen and oxygen atoms in total. The first-order chi connectivity index (χ1) is 16.6. The second kappa shape index (κ2) is 9.84. The monoisotopic (exact) mass is 561 g/mol. The van der Waals surface area contributed by atoms with Gasteiger partial charge in [0.25, 0.3) is 15.8 Å². The number of rotatable bonds is 9. The molecule has 0 aliphatic carbocycles. The molecule has 0 atom stereocenters. The summed E-state index contributed by atoms with van der Waals surface area (Å²) in [4.78, 5) is 8.89. The van der Waals surface area contributed by atoms with E-state index in [4.69, 9.17) is 4.55 Å². The molecule has 0 saturated heterocycles. The van der Waals surface area contributed by atoms with Crippen LogP contribution in [0.4, 0.5) is 17.1 Å². The molecule has 0 unspecified atom stereocenters. The zero-order valence-corrected chi connectivity index (χ0v) is 20.1. The molecule has 192 valence electrons. The first kappa shape index (κ1) is 27.0. The summed E-state index contributed by atoms with van der Waals surface area (Å²) in [5.74, 6) is -1.21. The number of fused-ring (bicyclic) bond motifs is 1. The van der Waals surface area contributed by atoms with E-state index in [1.807, 2.05) is 0 Å². The largest absolute Gasteiger partial charge is 0.506 e. The highest BCUT2D eigenvalue weighted by Crippen LogP contribution is 2.38. The van der Waals surface area contributed by atoms with E-state index < -0.39 is 69.7 Å². The summed E-state index contributed by atoms with van der Waals surface area (Å²) in [7, 11) is -13.8. The molecule has 0 bridgehead atoms. The number of non-ortho nitro benzene ring substituents is 1. The number of hydrogen-bond donors (Lipinski definition) is 3. The molecular formula is C18H15N3O12S3. The normalized spacial score (nSPS) is 12.8. The van der Waals surface area contributed by atoms with Crippen LogP contribution in [0.1, 0.15) is 0 Å². The standard InChI is InChI=1S/C18H15N3O12S3/c22-16-6-1-11-9-13(34(25,26)8-7-33-36(30,31)32)3-4-14(11)18(16)20-19-15-5-2-12(21(23)24)10-17(15)35(27,28)29/h1-6,9-10,22H,7-8H2,(H,27,28,29)(H,30,31,32)/b20-19+. The van der Waals surface area contributed by atoms with Gasteiger partial charge in [-0.05, 0) is 29.7 Å². The Morgan fingerprint density at radius 1 is 0.917 bits per heavy atom. The van der Waals surface area contributed by atoms with Crippen molar-refractivity contribution in [3.63, 3.8) is 0 Å². The van der Waals surface area contributed by atoms with Crippen molar-refractivity contribution >= 4 is 58.2 Å². The molecule has 0 heterocycles. The summed E-state index contributed by atoms with van der Waals surface area (Å²) >= 11 is 0. The van der Waals surface area contributed by atoms with Crippen molar-refractivity contribution < 1.29 is 48.6 Å². The third-order valence-electron chi connectivity index (χ3n) is 4.57. The van der Waals surface area contributed by atoms with E-state index in [9.17, 15) is 45.0 Å². The van der Waals surface area contributed by atoms with Crippen molar-refractivity contribution in [3.05, 3.63) is 58.6 Å². The van der Waals surface area contributed by atoms with E-state index in [1.54, 1.807) is 0 Å². The van der Waals surface area contributed by atoms with Crippen molar-refractivity contribution in [3.8, 4) is 5.75 Å². The van der Waals surface area contributed by atoms with Crippen LogP contribution in [-0.4, -0.2) is 56.7 Å². The first-order valence-corrected chi connectivity index (χ1v) is 13.8. The average Bonchev–Trinajstić information content (AvgIpc) is 2.76. The van der Waals surface area contributed by atoms with Gasteiger partial charge in [0.2, 0.25) is 0 Å². The molecule has 0 spiro atoms. The molecule has 0 amide bonds. The Morgan fingerprint density at radius 3 is 2.22 bits per heavy atom. The summed E-state index contributed by atoms with van der Waals surface area (Å²) < 4.78 is 91.4. The lowest BCUT2D eigenvalue weighted by molar-refractivity contribution is -0.385. The van der Waals surface area contributed by atoms with Crippen LogP contribution in [-0.2, 0) is 34.5 Å². The quantitative estimate of drug-likeness (QED) is 0.148. The molecule has 0 radical (unpaired) electrons. The number of sulfone groups is 1. The zero-order valence-electron chi connectivity index (χ0n) is 17.6. The summed E-state index contributed by atoms with van der Waals surface area (Å²) in [6, 6.07) is 8.47. The van der Waals surface area contributed by atoms with Gasteiger partial charge < -0.3 is 5.11 Å². The van der Waals surface area contributed by atoms with Gasteiger partial charge >= 0.3 is 10.4 Å². The molecule has 0 aliphatic rings. The van der Waals surface area contributed by atoms with Gasteiger partial charge in [-0.2, -0.15) is 16.8 Å². The third-order valence-corrected chi connectivity index (χ3v) is 7.60. The number of nitro groups is 1. The van der Waals surface area contributed by atoms with Gasteiger partial charge in [-0.3, -0.25) is 19.2 Å². The van der Waals surface area contributed by atoms with E-state index in [1.165, 1.54) is 18.2 Å². The fourth-order valence-corrected chi connectivity index (χ4v) is 5.12. The number of aromatic hydroxyl groups is 1.